The van der Waals surface area contributed by atoms with Gasteiger partial charge in [-0.2, -0.15) is 0 Å². The molecule has 0 amide bonds. The maximum absolute atomic E-state index is 12.6. The maximum atomic E-state index is 12.6. The van der Waals surface area contributed by atoms with Gasteiger partial charge in [0.2, 0.25) is 0 Å². The molecule has 3 aromatic heterocycles. The highest BCUT2D eigenvalue weighted by Crippen LogP contribution is 2.34. The molecule has 0 bridgehead atoms. The summed E-state index contributed by atoms with van der Waals surface area (Å²) in [5.41, 5.74) is 2.63. The fourth-order valence-corrected chi connectivity index (χ4v) is 2.69. The molecule has 0 fully saturated rings. The highest BCUT2D eigenvalue weighted by molar-refractivity contribution is 6.11. The van der Waals surface area contributed by atoms with Gasteiger partial charge in [-0.1, -0.05) is 0 Å². The summed E-state index contributed by atoms with van der Waals surface area (Å²) in [6.07, 6.45) is 3.48. The van der Waals surface area contributed by atoms with Crippen LogP contribution < -0.4 is 0 Å². The Kier molecular flexibility index (Phi) is 4.74. The largest absolute Gasteiger partial charge is 0.462 e. The number of aromatic amines is 3. The van der Waals surface area contributed by atoms with E-state index in [0.29, 0.717) is 22.8 Å². The molecule has 0 unspecified atom stereocenters. The molecule has 7 heteroatoms. The van der Waals surface area contributed by atoms with E-state index in [0.717, 1.165) is 0 Å². The highest BCUT2D eigenvalue weighted by atomic mass is 16.5. The van der Waals surface area contributed by atoms with Gasteiger partial charge >= 0.3 is 11.9 Å². The standard InChI is InChI=1S/C18H19N3O4/c1-3-24-17(22)13-14(18(23)25-4-2)16(12-8-6-10-20-12)21-15(13)11-7-5-9-19-11/h5-10,19-21H,3-4H2,1-2H3. The molecule has 3 heterocycles. The fraction of sp³-hybridized carbons (Fsp3) is 0.222. The van der Waals surface area contributed by atoms with Crippen LogP contribution in [0.25, 0.3) is 22.8 Å². The van der Waals surface area contributed by atoms with E-state index < -0.39 is 11.9 Å². The van der Waals surface area contributed by atoms with Crippen LogP contribution in [0.15, 0.2) is 36.7 Å². The first kappa shape index (κ1) is 16.6. The molecule has 0 aliphatic heterocycles. The normalized spacial score (nSPS) is 10.6. The number of hydrogen-bond acceptors (Lipinski definition) is 4. The molecule has 0 radical (unpaired) electrons. The second kappa shape index (κ2) is 7.12. The molecule has 0 atom stereocenters. The van der Waals surface area contributed by atoms with E-state index in [4.69, 9.17) is 9.47 Å². The number of hydrogen-bond donors (Lipinski definition) is 3. The predicted octanol–water partition coefficient (Wildman–Crippen LogP) is 3.36. The van der Waals surface area contributed by atoms with Gasteiger partial charge in [0.25, 0.3) is 0 Å². The van der Waals surface area contributed by atoms with Crippen molar-refractivity contribution in [2.45, 2.75) is 13.8 Å². The SMILES string of the molecule is CCOC(=O)c1c(-c2ccc[nH]2)[nH]c(-c2ccc[nH]2)c1C(=O)OCC. The highest BCUT2D eigenvalue weighted by Gasteiger charge is 2.31. The van der Waals surface area contributed by atoms with Crippen molar-refractivity contribution in [2.75, 3.05) is 13.2 Å². The van der Waals surface area contributed by atoms with Crippen LogP contribution in [-0.4, -0.2) is 40.1 Å². The lowest BCUT2D eigenvalue weighted by Crippen LogP contribution is -2.13. The number of nitrogens with one attached hydrogen (secondary N) is 3. The summed E-state index contributed by atoms with van der Waals surface area (Å²) in [4.78, 5) is 34.5. The summed E-state index contributed by atoms with van der Waals surface area (Å²) in [5, 5.41) is 0. The smallest absolute Gasteiger partial charge is 0.341 e. The fourth-order valence-electron chi connectivity index (χ4n) is 2.69. The Morgan fingerprint density at radius 3 is 1.60 bits per heavy atom. The van der Waals surface area contributed by atoms with Crippen molar-refractivity contribution in [1.29, 1.82) is 0 Å². The van der Waals surface area contributed by atoms with E-state index in [1.807, 2.05) is 24.3 Å². The number of ether oxygens (including phenoxy) is 2. The minimum absolute atomic E-state index is 0.160. The molecule has 130 valence electrons. The second-order valence-corrected chi connectivity index (χ2v) is 5.23. The quantitative estimate of drug-likeness (QED) is 0.599. The van der Waals surface area contributed by atoms with Crippen molar-refractivity contribution in [2.24, 2.45) is 0 Å². The Hall–Kier alpha value is -3.22. The molecule has 0 saturated carbocycles. The van der Waals surface area contributed by atoms with Gasteiger partial charge in [0.1, 0.15) is 11.1 Å². The van der Waals surface area contributed by atoms with Crippen LogP contribution in [0, 0.1) is 0 Å². The van der Waals surface area contributed by atoms with E-state index >= 15 is 0 Å². The van der Waals surface area contributed by atoms with Gasteiger partial charge < -0.3 is 24.4 Å². The first-order chi connectivity index (χ1) is 12.2. The van der Waals surface area contributed by atoms with Gasteiger partial charge in [-0.15, -0.1) is 0 Å². The lowest BCUT2D eigenvalue weighted by atomic mass is 10.1. The lowest BCUT2D eigenvalue weighted by Gasteiger charge is -2.07. The average molecular weight is 341 g/mol. The first-order valence-corrected chi connectivity index (χ1v) is 8.05. The van der Waals surface area contributed by atoms with Gasteiger partial charge in [0.15, 0.2) is 0 Å². The molecule has 0 spiro atoms. The summed E-state index contributed by atoms with van der Waals surface area (Å²) in [6.45, 7) is 3.84. The van der Waals surface area contributed by atoms with Gasteiger partial charge in [-0.3, -0.25) is 0 Å². The van der Waals surface area contributed by atoms with Crippen LogP contribution >= 0.6 is 0 Å². The number of H-pyrrole nitrogens is 3. The van der Waals surface area contributed by atoms with Crippen LogP contribution in [0.4, 0.5) is 0 Å². The number of aromatic nitrogens is 3. The van der Waals surface area contributed by atoms with Gasteiger partial charge in [0.05, 0.1) is 36.0 Å². The van der Waals surface area contributed by atoms with Crippen molar-refractivity contribution >= 4 is 11.9 Å². The minimum atomic E-state index is -0.579. The Labute approximate surface area is 144 Å². The molecule has 0 aliphatic rings. The lowest BCUT2D eigenvalue weighted by molar-refractivity contribution is 0.0481. The van der Waals surface area contributed by atoms with Crippen LogP contribution in [0.1, 0.15) is 34.6 Å². The average Bonchev–Trinajstić information content (AvgIpc) is 3.33. The molecule has 0 aromatic carbocycles. The molecule has 3 N–H and O–H groups in total. The third kappa shape index (κ3) is 3.08. The van der Waals surface area contributed by atoms with Crippen LogP contribution in [0.3, 0.4) is 0 Å². The molecular formula is C18H19N3O4. The van der Waals surface area contributed by atoms with Crippen molar-refractivity contribution in [3.05, 3.63) is 47.8 Å². The zero-order valence-corrected chi connectivity index (χ0v) is 14.0. The zero-order chi connectivity index (χ0) is 17.8. The summed E-state index contributed by atoms with van der Waals surface area (Å²) < 4.78 is 10.4. The predicted molar refractivity (Wildman–Crippen MR) is 92.3 cm³/mol. The van der Waals surface area contributed by atoms with Crippen molar-refractivity contribution in [3.63, 3.8) is 0 Å². The summed E-state index contributed by atoms with van der Waals surface area (Å²) in [7, 11) is 0. The number of carbonyl (C=O) groups excluding carboxylic acids is 2. The molecule has 0 saturated heterocycles. The Balaban J connectivity index is 2.27. The van der Waals surface area contributed by atoms with Gasteiger partial charge in [-0.05, 0) is 38.1 Å². The Morgan fingerprint density at radius 2 is 1.28 bits per heavy atom. The summed E-state index contributed by atoms with van der Waals surface area (Å²) in [5.74, 6) is -1.16. The Morgan fingerprint density at radius 1 is 0.840 bits per heavy atom. The number of esters is 2. The van der Waals surface area contributed by atoms with Crippen LogP contribution in [0.5, 0.6) is 0 Å². The van der Waals surface area contributed by atoms with Crippen molar-refractivity contribution < 1.29 is 19.1 Å². The van der Waals surface area contributed by atoms with Crippen molar-refractivity contribution in [3.8, 4) is 22.8 Å². The van der Waals surface area contributed by atoms with E-state index in [1.54, 1.807) is 26.2 Å². The first-order valence-electron chi connectivity index (χ1n) is 8.05. The molecule has 25 heavy (non-hydrogen) atoms. The molecular weight excluding hydrogens is 322 g/mol. The minimum Gasteiger partial charge on any atom is -0.462 e. The van der Waals surface area contributed by atoms with Crippen molar-refractivity contribution in [1.82, 2.24) is 15.0 Å². The number of carbonyl (C=O) groups is 2. The Bertz CT molecular complexity index is 790. The van der Waals surface area contributed by atoms with Crippen LogP contribution in [0.2, 0.25) is 0 Å². The van der Waals surface area contributed by atoms with E-state index in [-0.39, 0.29) is 24.3 Å². The summed E-state index contributed by atoms with van der Waals surface area (Å²) >= 11 is 0. The maximum Gasteiger partial charge on any atom is 0.341 e. The van der Waals surface area contributed by atoms with E-state index in [1.165, 1.54) is 0 Å². The van der Waals surface area contributed by atoms with Crippen LogP contribution in [-0.2, 0) is 9.47 Å². The number of rotatable bonds is 6. The van der Waals surface area contributed by atoms with Gasteiger partial charge in [0, 0.05) is 12.4 Å². The molecule has 3 rings (SSSR count). The molecule has 3 aromatic rings. The van der Waals surface area contributed by atoms with E-state index in [2.05, 4.69) is 15.0 Å². The molecule has 0 aliphatic carbocycles. The third-order valence-corrected chi connectivity index (χ3v) is 3.69. The molecule has 7 nitrogen and oxygen atoms in total. The van der Waals surface area contributed by atoms with E-state index in [9.17, 15) is 9.59 Å². The third-order valence-electron chi connectivity index (χ3n) is 3.69. The zero-order valence-electron chi connectivity index (χ0n) is 14.0. The second-order valence-electron chi connectivity index (χ2n) is 5.23. The van der Waals surface area contributed by atoms with Gasteiger partial charge in [-0.25, -0.2) is 9.59 Å². The summed E-state index contributed by atoms with van der Waals surface area (Å²) in [6, 6.07) is 7.23. The topological polar surface area (TPSA) is 100.0 Å². The monoisotopic (exact) mass is 341 g/mol.